The molecular weight excluding hydrogens is 384 g/mol. The fourth-order valence-electron chi connectivity index (χ4n) is 2.67. The van der Waals surface area contributed by atoms with E-state index in [1.165, 1.54) is 0 Å². The summed E-state index contributed by atoms with van der Waals surface area (Å²) in [5.41, 5.74) is 3.77. The molecule has 0 aliphatic rings. The molecule has 3 aromatic carbocycles. The first-order chi connectivity index (χ1) is 14.0. The molecule has 0 fully saturated rings. The van der Waals surface area contributed by atoms with Gasteiger partial charge in [-0.2, -0.15) is 5.26 Å². The number of aryl methyl sites for hydroxylation is 1. The van der Waals surface area contributed by atoms with Gasteiger partial charge in [0.25, 0.3) is 5.91 Å². The van der Waals surface area contributed by atoms with E-state index >= 15 is 0 Å². The van der Waals surface area contributed by atoms with Crippen LogP contribution in [0.25, 0.3) is 11.6 Å². The smallest absolute Gasteiger partial charge is 0.262 e. The molecule has 144 valence electrons. The Hall–Kier alpha value is -3.55. The van der Waals surface area contributed by atoms with Gasteiger partial charge in [-0.25, -0.2) is 0 Å². The largest absolute Gasteiger partial charge is 0.483 e. The maximum Gasteiger partial charge on any atom is 0.262 e. The van der Waals surface area contributed by atoms with Crippen molar-refractivity contribution in [3.63, 3.8) is 0 Å². The first-order valence-corrected chi connectivity index (χ1v) is 9.39. The minimum Gasteiger partial charge on any atom is -0.483 e. The van der Waals surface area contributed by atoms with Crippen molar-refractivity contribution < 1.29 is 9.53 Å². The summed E-state index contributed by atoms with van der Waals surface area (Å²) in [5, 5.41) is 13.0. The van der Waals surface area contributed by atoms with Crippen LogP contribution >= 0.6 is 11.6 Å². The third-order valence-electron chi connectivity index (χ3n) is 4.19. The first kappa shape index (κ1) is 20.2. The number of nitriles is 1. The van der Waals surface area contributed by atoms with E-state index in [2.05, 4.69) is 11.4 Å². The zero-order chi connectivity index (χ0) is 20.6. The van der Waals surface area contributed by atoms with Gasteiger partial charge in [0, 0.05) is 16.3 Å². The van der Waals surface area contributed by atoms with Crippen LogP contribution in [0.4, 0.5) is 5.69 Å². The van der Waals surface area contributed by atoms with Crippen LogP contribution in [-0.2, 0) is 4.79 Å². The summed E-state index contributed by atoms with van der Waals surface area (Å²) in [6.45, 7) is 1.85. The molecule has 5 heteroatoms. The zero-order valence-electron chi connectivity index (χ0n) is 15.9. The van der Waals surface area contributed by atoms with Gasteiger partial charge in [0.2, 0.25) is 0 Å². The molecule has 0 heterocycles. The topological polar surface area (TPSA) is 62.1 Å². The van der Waals surface area contributed by atoms with E-state index < -0.39 is 0 Å². The van der Waals surface area contributed by atoms with Crippen LogP contribution in [0.1, 0.15) is 16.7 Å². The number of nitrogens with one attached hydrogen (secondary N) is 1. The van der Waals surface area contributed by atoms with Gasteiger partial charge in [-0.1, -0.05) is 59.6 Å². The monoisotopic (exact) mass is 402 g/mol. The number of nitrogens with zero attached hydrogens (tertiary/aromatic N) is 1. The fourth-order valence-corrected chi connectivity index (χ4v) is 2.80. The number of benzene rings is 3. The van der Waals surface area contributed by atoms with Crippen molar-refractivity contribution in [2.24, 2.45) is 0 Å². The van der Waals surface area contributed by atoms with Crippen molar-refractivity contribution in [2.45, 2.75) is 6.92 Å². The Morgan fingerprint density at radius 3 is 2.45 bits per heavy atom. The highest BCUT2D eigenvalue weighted by molar-refractivity contribution is 6.30. The fraction of sp³-hybridized carbons (Fsp3) is 0.0833. The maximum absolute atomic E-state index is 12.2. The second-order valence-corrected chi connectivity index (χ2v) is 6.85. The van der Waals surface area contributed by atoms with Gasteiger partial charge >= 0.3 is 0 Å². The van der Waals surface area contributed by atoms with Gasteiger partial charge in [0.05, 0.1) is 11.6 Å². The average molecular weight is 403 g/mol. The summed E-state index contributed by atoms with van der Waals surface area (Å²) in [5.74, 6) is 0.263. The molecule has 0 bridgehead atoms. The lowest BCUT2D eigenvalue weighted by Gasteiger charge is -2.10. The average Bonchev–Trinajstić information content (AvgIpc) is 2.73. The summed E-state index contributed by atoms with van der Waals surface area (Å²) in [7, 11) is 0. The molecule has 4 nitrogen and oxygen atoms in total. The Labute approximate surface area is 175 Å². The Kier molecular flexibility index (Phi) is 6.67. The van der Waals surface area contributed by atoms with Crippen LogP contribution in [0.3, 0.4) is 0 Å². The molecule has 3 aromatic rings. The molecule has 0 radical (unpaired) electrons. The van der Waals surface area contributed by atoms with E-state index in [9.17, 15) is 10.1 Å². The molecule has 0 saturated heterocycles. The summed E-state index contributed by atoms with van der Waals surface area (Å²) in [6, 6.07) is 24.1. The summed E-state index contributed by atoms with van der Waals surface area (Å²) in [4.78, 5) is 12.2. The number of ether oxygens (including phenoxy) is 1. The first-order valence-electron chi connectivity index (χ1n) is 9.01. The Balaban J connectivity index is 1.73. The van der Waals surface area contributed by atoms with Crippen LogP contribution in [0, 0.1) is 18.3 Å². The van der Waals surface area contributed by atoms with Gasteiger partial charge in [-0.05, 0) is 48.9 Å². The second-order valence-electron chi connectivity index (χ2n) is 6.42. The van der Waals surface area contributed by atoms with E-state index in [-0.39, 0.29) is 12.5 Å². The lowest BCUT2D eigenvalue weighted by atomic mass is 10.0. The van der Waals surface area contributed by atoms with Gasteiger partial charge < -0.3 is 10.1 Å². The molecule has 29 heavy (non-hydrogen) atoms. The Morgan fingerprint density at radius 2 is 1.76 bits per heavy atom. The van der Waals surface area contributed by atoms with E-state index in [1.807, 2.05) is 49.4 Å². The standard InChI is InChI=1S/C24H19ClN2O2/c1-17-6-12-22(13-7-17)27-24(28)16-29-23-5-3-2-4-19(23)14-20(15-26)18-8-10-21(25)11-9-18/h2-14H,16H2,1H3,(H,27,28). The maximum atomic E-state index is 12.2. The molecule has 0 aliphatic heterocycles. The van der Waals surface area contributed by atoms with Gasteiger partial charge in [-0.3, -0.25) is 4.79 Å². The molecule has 0 saturated carbocycles. The lowest BCUT2D eigenvalue weighted by molar-refractivity contribution is -0.118. The van der Waals surface area contributed by atoms with Crippen molar-refractivity contribution in [3.05, 3.63) is 94.5 Å². The van der Waals surface area contributed by atoms with Crippen molar-refractivity contribution in [1.29, 1.82) is 5.26 Å². The number of carbonyl (C=O) groups excluding carboxylic acids is 1. The minimum absolute atomic E-state index is 0.137. The number of amides is 1. The van der Waals surface area contributed by atoms with Gasteiger partial charge in [0.1, 0.15) is 5.75 Å². The van der Waals surface area contributed by atoms with E-state index in [4.69, 9.17) is 16.3 Å². The van der Waals surface area contributed by atoms with Crippen LogP contribution in [0.2, 0.25) is 5.02 Å². The molecule has 0 atom stereocenters. The molecule has 1 N–H and O–H groups in total. The molecule has 0 aromatic heterocycles. The molecule has 0 unspecified atom stereocenters. The number of halogens is 1. The lowest BCUT2D eigenvalue weighted by Crippen LogP contribution is -2.20. The molecule has 3 rings (SSSR count). The molecule has 1 amide bonds. The number of carbonyl (C=O) groups is 1. The number of hydrogen-bond acceptors (Lipinski definition) is 3. The highest BCUT2D eigenvalue weighted by Crippen LogP contribution is 2.25. The summed E-state index contributed by atoms with van der Waals surface area (Å²) >= 11 is 5.92. The highest BCUT2D eigenvalue weighted by Gasteiger charge is 2.08. The van der Waals surface area contributed by atoms with Crippen molar-refractivity contribution in [2.75, 3.05) is 11.9 Å². The van der Waals surface area contributed by atoms with E-state index in [0.717, 1.165) is 11.1 Å². The SMILES string of the molecule is Cc1ccc(NC(=O)COc2ccccc2C=C(C#N)c2ccc(Cl)cc2)cc1. The third-order valence-corrected chi connectivity index (χ3v) is 4.44. The van der Waals surface area contributed by atoms with Crippen LogP contribution in [0.5, 0.6) is 5.75 Å². The molecular formula is C24H19ClN2O2. The van der Waals surface area contributed by atoms with Crippen LogP contribution < -0.4 is 10.1 Å². The van der Waals surface area contributed by atoms with E-state index in [1.54, 1.807) is 36.4 Å². The van der Waals surface area contributed by atoms with Gasteiger partial charge in [-0.15, -0.1) is 0 Å². The third kappa shape index (κ3) is 5.71. The number of allylic oxidation sites excluding steroid dienone is 1. The molecule has 0 spiro atoms. The quantitative estimate of drug-likeness (QED) is 0.423. The summed E-state index contributed by atoms with van der Waals surface area (Å²) in [6.07, 6.45) is 1.73. The predicted molar refractivity (Wildman–Crippen MR) is 117 cm³/mol. The van der Waals surface area contributed by atoms with Gasteiger partial charge in [0.15, 0.2) is 6.61 Å². The molecule has 0 aliphatic carbocycles. The van der Waals surface area contributed by atoms with Crippen LogP contribution in [0.15, 0.2) is 72.8 Å². The number of hydrogen-bond donors (Lipinski definition) is 1. The van der Waals surface area contributed by atoms with E-state index in [0.29, 0.717) is 27.6 Å². The zero-order valence-corrected chi connectivity index (χ0v) is 16.6. The van der Waals surface area contributed by atoms with Crippen LogP contribution in [-0.4, -0.2) is 12.5 Å². The van der Waals surface area contributed by atoms with Crippen molar-refractivity contribution >= 4 is 34.8 Å². The minimum atomic E-state index is -0.258. The Bertz CT molecular complexity index is 1070. The summed E-state index contributed by atoms with van der Waals surface area (Å²) < 4.78 is 5.71. The number of para-hydroxylation sites is 1. The number of anilines is 1. The Morgan fingerprint density at radius 1 is 1.07 bits per heavy atom. The second kappa shape index (κ2) is 9.59. The highest BCUT2D eigenvalue weighted by atomic mass is 35.5. The normalized spacial score (nSPS) is 10.9. The number of rotatable bonds is 6. The van der Waals surface area contributed by atoms with Crippen molar-refractivity contribution in [1.82, 2.24) is 0 Å². The van der Waals surface area contributed by atoms with Crippen molar-refractivity contribution in [3.8, 4) is 11.8 Å². The predicted octanol–water partition coefficient (Wildman–Crippen LogP) is 5.73.